The Balaban J connectivity index is 1.00. The number of nitrogens with zero attached hydrogens (tertiary/aromatic N) is 2. The molecule has 14 heteroatoms. The Morgan fingerprint density at radius 2 is 0.886 bits per heavy atom. The number of rotatable bonds is 19. The van der Waals surface area contributed by atoms with E-state index in [1.807, 2.05) is 93.6 Å². The maximum Gasteiger partial charge on any atom is 0.257 e. The van der Waals surface area contributed by atoms with Gasteiger partial charge in [0.25, 0.3) is 11.8 Å². The number of aromatic hydroxyl groups is 1. The van der Waals surface area contributed by atoms with Crippen LogP contribution in [0.2, 0.25) is 0 Å². The summed E-state index contributed by atoms with van der Waals surface area (Å²) in [5.74, 6) is -6.13. The number of carbonyl (C=O) groups is 6. The number of carbonyl (C=O) groups excluding carboxylic acids is 6. The van der Waals surface area contributed by atoms with E-state index in [0.29, 0.717) is 45.3 Å². The summed E-state index contributed by atoms with van der Waals surface area (Å²) >= 11 is 0. The number of phenols is 1. The first-order chi connectivity index (χ1) is 33.7. The minimum absolute atomic E-state index is 0.0291. The van der Waals surface area contributed by atoms with Gasteiger partial charge in [0.15, 0.2) is 0 Å². The van der Waals surface area contributed by atoms with E-state index in [0.717, 1.165) is 38.9 Å². The third kappa shape index (κ3) is 13.7. The van der Waals surface area contributed by atoms with Crippen molar-refractivity contribution in [3.8, 4) is 5.75 Å². The minimum atomic E-state index is -0.898. The van der Waals surface area contributed by atoms with Gasteiger partial charge in [-0.05, 0) is 105 Å². The van der Waals surface area contributed by atoms with Crippen molar-refractivity contribution in [2.24, 2.45) is 23.7 Å². The molecule has 2 saturated heterocycles. The van der Waals surface area contributed by atoms with Gasteiger partial charge in [0.05, 0.1) is 23.3 Å². The fraction of sp³-hybridized carbons (Fsp3) is 0.357. The molecular weight excluding hydrogens is 888 g/mol. The Morgan fingerprint density at radius 3 is 1.33 bits per heavy atom. The summed E-state index contributed by atoms with van der Waals surface area (Å²) in [6.07, 6.45) is 2.28. The fourth-order valence-corrected chi connectivity index (χ4v) is 9.20. The zero-order valence-electron chi connectivity index (χ0n) is 40.1. The molecule has 5 aromatic carbocycles. The van der Waals surface area contributed by atoms with Crippen molar-refractivity contribution in [1.82, 2.24) is 31.1 Å². The van der Waals surface area contributed by atoms with Crippen LogP contribution in [0.1, 0.15) is 66.1 Å². The van der Waals surface area contributed by atoms with Gasteiger partial charge < -0.3 is 36.2 Å². The zero-order valence-corrected chi connectivity index (χ0v) is 40.1. The van der Waals surface area contributed by atoms with Crippen molar-refractivity contribution in [2.75, 3.05) is 52.4 Å². The predicted molar refractivity (Wildman–Crippen MR) is 265 cm³/mol. The average molecular weight is 951 g/mol. The minimum Gasteiger partial charge on any atom is -0.507 e. The average Bonchev–Trinajstić information content (AvgIpc) is 3.99. The number of benzene rings is 5. The van der Waals surface area contributed by atoms with Crippen LogP contribution in [-0.4, -0.2) is 103 Å². The molecule has 0 aromatic heterocycles. The molecule has 4 atom stereocenters. The van der Waals surface area contributed by atoms with E-state index in [1.54, 1.807) is 12.1 Å². The van der Waals surface area contributed by atoms with Crippen molar-refractivity contribution in [2.45, 2.75) is 52.9 Å². The molecule has 7 rings (SSSR count). The quantitative estimate of drug-likeness (QED) is 0.0710. The van der Waals surface area contributed by atoms with Crippen molar-refractivity contribution in [3.63, 3.8) is 0 Å². The summed E-state index contributed by atoms with van der Waals surface area (Å²) in [6, 6.07) is 34.1. The van der Waals surface area contributed by atoms with Crippen LogP contribution in [-0.2, 0) is 44.9 Å². The lowest BCUT2D eigenvalue weighted by molar-refractivity contribution is -0.132. The molecule has 0 spiro atoms. The third-order valence-electron chi connectivity index (χ3n) is 13.4. The Labute approximate surface area is 409 Å². The molecule has 0 bridgehead atoms. The highest BCUT2D eigenvalue weighted by Gasteiger charge is 2.44. The van der Waals surface area contributed by atoms with Crippen LogP contribution in [0.5, 0.6) is 5.75 Å². The molecule has 0 aliphatic carbocycles. The van der Waals surface area contributed by atoms with Gasteiger partial charge in [0.2, 0.25) is 23.6 Å². The van der Waals surface area contributed by atoms with E-state index in [-0.39, 0.29) is 73.8 Å². The fourth-order valence-electron chi connectivity index (χ4n) is 9.20. The second kappa shape index (κ2) is 23.8. The maximum absolute atomic E-state index is 14.1. The number of halogens is 1. The number of amides is 6. The standard InChI is InChI=1S/C56H63FN6O7/c1-36-4-10-39(11-5-36)22-26-58-51(65)31-44-32-62(33-47(44)52(66)59-27-23-40-12-6-37(2)7-13-40)55(69)43-18-21-46(50(64)30-43)56(70)63-34-48(53(67)60-28-24-41-14-8-38(3)9-15-41)49(35-63)54(68)61-29-25-42-16-19-45(57)20-17-42/h4-21,30,44,47-49,64H,22-29,31-35H2,1-3H3,(H,58,65)(H,59,66)(H,60,67)(H,61,68)/t44?,47?,48-,49?/m1/s1. The molecule has 2 heterocycles. The van der Waals surface area contributed by atoms with E-state index in [9.17, 15) is 38.3 Å². The highest BCUT2D eigenvalue weighted by atomic mass is 19.1. The van der Waals surface area contributed by atoms with Gasteiger partial charge in [-0.25, -0.2) is 4.39 Å². The van der Waals surface area contributed by atoms with Crippen LogP contribution in [0.15, 0.2) is 115 Å². The Kier molecular flexibility index (Phi) is 17.2. The molecule has 2 aliphatic heterocycles. The van der Waals surface area contributed by atoms with Gasteiger partial charge >= 0.3 is 0 Å². The molecule has 6 amide bonds. The number of hydrogen-bond donors (Lipinski definition) is 5. The summed E-state index contributed by atoms with van der Waals surface area (Å²) < 4.78 is 13.5. The number of aryl methyl sites for hydroxylation is 3. The first-order valence-electron chi connectivity index (χ1n) is 24.1. The van der Waals surface area contributed by atoms with Crippen molar-refractivity contribution < 1.29 is 38.3 Å². The van der Waals surface area contributed by atoms with Crippen LogP contribution in [0.3, 0.4) is 0 Å². The Hall–Kier alpha value is -7.35. The number of hydrogen-bond acceptors (Lipinski definition) is 7. The van der Waals surface area contributed by atoms with Crippen molar-refractivity contribution in [3.05, 3.63) is 171 Å². The zero-order chi connectivity index (χ0) is 49.7. The van der Waals surface area contributed by atoms with Crippen LogP contribution in [0.4, 0.5) is 4.39 Å². The summed E-state index contributed by atoms with van der Waals surface area (Å²) in [5, 5.41) is 23.2. The molecule has 366 valence electrons. The van der Waals surface area contributed by atoms with Gasteiger partial charge in [-0.2, -0.15) is 0 Å². The molecule has 5 N–H and O–H groups in total. The SMILES string of the molecule is Cc1ccc(CCNC(=O)CC2CN(C(=O)c3ccc(C(=O)N4CC(C(=O)NCCc5ccc(F)cc5)[C@H](C(=O)NCCc5ccc(C)cc5)C4)c(O)c3)CC2C(=O)NCCc2ccc(C)cc2)cc1. The summed E-state index contributed by atoms with van der Waals surface area (Å²) in [7, 11) is 0. The topological polar surface area (TPSA) is 177 Å². The number of phenolic OH excluding ortho intramolecular Hbond substituents is 1. The number of nitrogens with one attached hydrogen (secondary N) is 4. The Bertz CT molecular complexity index is 2570. The Morgan fingerprint density at radius 1 is 0.500 bits per heavy atom. The summed E-state index contributed by atoms with van der Waals surface area (Å²) in [5.41, 5.74) is 7.39. The lowest BCUT2D eigenvalue weighted by atomic mass is 9.91. The summed E-state index contributed by atoms with van der Waals surface area (Å²) in [6.45, 7) is 7.35. The molecule has 0 radical (unpaired) electrons. The van der Waals surface area contributed by atoms with Gasteiger partial charge in [-0.15, -0.1) is 0 Å². The van der Waals surface area contributed by atoms with Gasteiger partial charge in [0.1, 0.15) is 11.6 Å². The number of likely N-dealkylation sites (tertiary alicyclic amines) is 2. The van der Waals surface area contributed by atoms with E-state index in [4.69, 9.17) is 0 Å². The second-order valence-corrected chi connectivity index (χ2v) is 18.7. The molecule has 0 saturated carbocycles. The maximum atomic E-state index is 14.1. The van der Waals surface area contributed by atoms with E-state index in [1.165, 1.54) is 40.1 Å². The third-order valence-corrected chi connectivity index (χ3v) is 13.4. The molecule has 3 unspecified atom stereocenters. The van der Waals surface area contributed by atoms with Gasteiger partial charge in [-0.3, -0.25) is 28.8 Å². The van der Waals surface area contributed by atoms with Crippen molar-refractivity contribution in [1.29, 1.82) is 0 Å². The van der Waals surface area contributed by atoms with Crippen LogP contribution in [0, 0.1) is 50.3 Å². The van der Waals surface area contributed by atoms with E-state index >= 15 is 0 Å². The lowest BCUT2D eigenvalue weighted by Gasteiger charge is -2.19. The van der Waals surface area contributed by atoms with E-state index in [2.05, 4.69) is 21.3 Å². The first kappa shape index (κ1) is 50.5. The van der Waals surface area contributed by atoms with Gasteiger partial charge in [-0.1, -0.05) is 102 Å². The first-order valence-corrected chi connectivity index (χ1v) is 24.1. The van der Waals surface area contributed by atoms with Crippen LogP contribution >= 0.6 is 0 Å². The van der Waals surface area contributed by atoms with Crippen LogP contribution in [0.25, 0.3) is 0 Å². The van der Waals surface area contributed by atoms with Crippen LogP contribution < -0.4 is 21.3 Å². The molecule has 2 fully saturated rings. The largest absolute Gasteiger partial charge is 0.507 e. The molecular formula is C56H63FN6O7. The molecule has 2 aliphatic rings. The molecule has 5 aromatic rings. The lowest BCUT2D eigenvalue weighted by Crippen LogP contribution is -2.42. The van der Waals surface area contributed by atoms with Gasteiger partial charge in [0, 0.05) is 64.3 Å². The van der Waals surface area contributed by atoms with E-state index < -0.39 is 47.1 Å². The molecule has 13 nitrogen and oxygen atoms in total. The smallest absolute Gasteiger partial charge is 0.257 e. The summed E-state index contributed by atoms with van der Waals surface area (Å²) in [4.78, 5) is 85.6. The highest BCUT2D eigenvalue weighted by Crippen LogP contribution is 2.31. The second-order valence-electron chi connectivity index (χ2n) is 18.7. The molecule has 70 heavy (non-hydrogen) atoms. The highest BCUT2D eigenvalue weighted by molar-refractivity contribution is 6.01. The monoisotopic (exact) mass is 950 g/mol. The predicted octanol–water partition coefficient (Wildman–Crippen LogP) is 5.66. The van der Waals surface area contributed by atoms with Crippen molar-refractivity contribution >= 4 is 35.4 Å². The normalized spacial score (nSPS) is 17.5.